The molecular weight excluding hydrogens is 238 g/mol. The van der Waals surface area contributed by atoms with Crippen LogP contribution in [0.4, 0.5) is 10.5 Å². The SMILES string of the molecule is CCNC(=O)N1CCN(c2cccc(C)c2C)CC1. The van der Waals surface area contributed by atoms with E-state index in [4.69, 9.17) is 0 Å². The smallest absolute Gasteiger partial charge is 0.317 e. The van der Waals surface area contributed by atoms with Crippen molar-refractivity contribution < 1.29 is 4.79 Å². The minimum atomic E-state index is 0.0584. The number of rotatable bonds is 2. The lowest BCUT2D eigenvalue weighted by Gasteiger charge is -2.37. The lowest BCUT2D eigenvalue weighted by atomic mass is 10.1. The molecule has 0 aliphatic carbocycles. The second-order valence-corrected chi connectivity index (χ2v) is 5.03. The number of nitrogens with one attached hydrogen (secondary N) is 1. The third-order valence-electron chi connectivity index (χ3n) is 3.81. The highest BCUT2D eigenvalue weighted by Crippen LogP contribution is 2.23. The number of nitrogens with zero attached hydrogens (tertiary/aromatic N) is 2. The zero-order chi connectivity index (χ0) is 13.8. The summed E-state index contributed by atoms with van der Waals surface area (Å²) in [5, 5.41) is 2.86. The van der Waals surface area contributed by atoms with E-state index >= 15 is 0 Å². The minimum absolute atomic E-state index is 0.0584. The number of carbonyl (C=O) groups is 1. The van der Waals surface area contributed by atoms with E-state index in [9.17, 15) is 4.79 Å². The van der Waals surface area contributed by atoms with Gasteiger partial charge in [0.2, 0.25) is 0 Å². The Morgan fingerprint density at radius 3 is 2.53 bits per heavy atom. The van der Waals surface area contributed by atoms with Crippen molar-refractivity contribution in [3.8, 4) is 0 Å². The van der Waals surface area contributed by atoms with Crippen LogP contribution in [-0.4, -0.2) is 43.7 Å². The molecule has 0 spiro atoms. The fraction of sp³-hybridized carbons (Fsp3) is 0.533. The van der Waals surface area contributed by atoms with E-state index in [1.165, 1.54) is 16.8 Å². The van der Waals surface area contributed by atoms with Crippen LogP contribution in [0.2, 0.25) is 0 Å². The van der Waals surface area contributed by atoms with Gasteiger partial charge in [0.05, 0.1) is 0 Å². The second-order valence-electron chi connectivity index (χ2n) is 5.03. The topological polar surface area (TPSA) is 35.6 Å². The molecule has 1 aliphatic rings. The summed E-state index contributed by atoms with van der Waals surface area (Å²) >= 11 is 0. The molecule has 1 heterocycles. The quantitative estimate of drug-likeness (QED) is 0.885. The lowest BCUT2D eigenvalue weighted by molar-refractivity contribution is 0.195. The lowest BCUT2D eigenvalue weighted by Crippen LogP contribution is -2.52. The summed E-state index contributed by atoms with van der Waals surface area (Å²) in [7, 11) is 0. The molecule has 4 heteroatoms. The first-order valence-corrected chi connectivity index (χ1v) is 6.97. The van der Waals surface area contributed by atoms with Gasteiger partial charge in [-0.1, -0.05) is 12.1 Å². The summed E-state index contributed by atoms with van der Waals surface area (Å²) in [6.45, 7) is 10.3. The molecule has 19 heavy (non-hydrogen) atoms. The van der Waals surface area contributed by atoms with Gasteiger partial charge in [0.1, 0.15) is 0 Å². The summed E-state index contributed by atoms with van der Waals surface area (Å²) in [6, 6.07) is 6.48. The van der Waals surface area contributed by atoms with E-state index in [0.29, 0.717) is 6.54 Å². The van der Waals surface area contributed by atoms with Crippen molar-refractivity contribution >= 4 is 11.7 Å². The third kappa shape index (κ3) is 3.00. The summed E-state index contributed by atoms with van der Waals surface area (Å²) in [6.07, 6.45) is 0. The molecule has 0 unspecified atom stereocenters. The maximum atomic E-state index is 11.8. The van der Waals surface area contributed by atoms with Crippen molar-refractivity contribution in [3.63, 3.8) is 0 Å². The molecule has 2 amide bonds. The van der Waals surface area contributed by atoms with E-state index < -0.39 is 0 Å². The van der Waals surface area contributed by atoms with Gasteiger partial charge < -0.3 is 15.1 Å². The number of urea groups is 1. The maximum Gasteiger partial charge on any atom is 0.317 e. The van der Waals surface area contributed by atoms with Gasteiger partial charge in [-0.15, -0.1) is 0 Å². The zero-order valence-electron chi connectivity index (χ0n) is 12.1. The van der Waals surface area contributed by atoms with Gasteiger partial charge in [-0.3, -0.25) is 0 Å². The van der Waals surface area contributed by atoms with E-state index in [1.807, 2.05) is 11.8 Å². The second kappa shape index (κ2) is 5.95. The summed E-state index contributed by atoms with van der Waals surface area (Å²) in [4.78, 5) is 16.0. The molecule has 1 aliphatic heterocycles. The fourth-order valence-electron chi connectivity index (χ4n) is 2.49. The van der Waals surface area contributed by atoms with Crippen molar-refractivity contribution in [2.24, 2.45) is 0 Å². The van der Waals surface area contributed by atoms with Crippen LogP contribution in [0.3, 0.4) is 0 Å². The highest BCUT2D eigenvalue weighted by Gasteiger charge is 2.21. The number of amides is 2. The van der Waals surface area contributed by atoms with E-state index in [0.717, 1.165) is 26.2 Å². The van der Waals surface area contributed by atoms with Crippen LogP contribution in [0.25, 0.3) is 0 Å². The molecule has 0 aromatic heterocycles. The number of hydrogen-bond acceptors (Lipinski definition) is 2. The molecule has 2 rings (SSSR count). The standard InChI is InChI=1S/C15H23N3O/c1-4-16-15(19)18-10-8-17(9-11-18)14-7-5-6-12(2)13(14)3/h5-7H,4,8-11H2,1-3H3,(H,16,19). The highest BCUT2D eigenvalue weighted by molar-refractivity contribution is 5.74. The third-order valence-corrected chi connectivity index (χ3v) is 3.81. The van der Waals surface area contributed by atoms with Crippen LogP contribution >= 0.6 is 0 Å². The highest BCUT2D eigenvalue weighted by atomic mass is 16.2. The fourth-order valence-corrected chi connectivity index (χ4v) is 2.49. The molecule has 0 saturated carbocycles. The summed E-state index contributed by atoms with van der Waals surface area (Å²) < 4.78 is 0. The van der Waals surface area contributed by atoms with E-state index in [1.54, 1.807) is 0 Å². The first-order chi connectivity index (χ1) is 9.13. The summed E-state index contributed by atoms with van der Waals surface area (Å²) in [5.41, 5.74) is 3.97. The molecule has 0 atom stereocenters. The van der Waals surface area contributed by atoms with Crippen LogP contribution < -0.4 is 10.2 Å². The minimum Gasteiger partial charge on any atom is -0.368 e. The number of hydrogen-bond donors (Lipinski definition) is 1. The van der Waals surface area contributed by atoms with Crippen molar-refractivity contribution in [3.05, 3.63) is 29.3 Å². The predicted molar refractivity (Wildman–Crippen MR) is 78.8 cm³/mol. The average molecular weight is 261 g/mol. The van der Waals surface area contributed by atoms with Crippen LogP contribution in [0.5, 0.6) is 0 Å². The van der Waals surface area contributed by atoms with E-state index in [-0.39, 0.29) is 6.03 Å². The average Bonchev–Trinajstić information content (AvgIpc) is 2.42. The van der Waals surface area contributed by atoms with Gasteiger partial charge in [-0.25, -0.2) is 4.79 Å². The normalized spacial score (nSPS) is 15.5. The van der Waals surface area contributed by atoms with Crippen LogP contribution in [0.1, 0.15) is 18.1 Å². The largest absolute Gasteiger partial charge is 0.368 e. The Balaban J connectivity index is 2.00. The molecule has 1 saturated heterocycles. The van der Waals surface area contributed by atoms with Crippen LogP contribution in [-0.2, 0) is 0 Å². The number of aryl methyl sites for hydroxylation is 1. The Labute approximate surface area is 115 Å². The predicted octanol–water partition coefficient (Wildman–Crippen LogP) is 2.15. The van der Waals surface area contributed by atoms with Gasteiger partial charge in [0.15, 0.2) is 0 Å². The van der Waals surface area contributed by atoms with Gasteiger partial charge in [-0.2, -0.15) is 0 Å². The Morgan fingerprint density at radius 2 is 1.89 bits per heavy atom. The molecule has 1 aromatic rings. The number of piperazine rings is 1. The summed E-state index contributed by atoms with van der Waals surface area (Å²) in [5.74, 6) is 0. The molecular formula is C15H23N3O. The molecule has 0 radical (unpaired) electrons. The molecule has 0 bridgehead atoms. The maximum absolute atomic E-state index is 11.8. The first kappa shape index (κ1) is 13.7. The van der Waals surface area contributed by atoms with Gasteiger partial charge >= 0.3 is 6.03 Å². The van der Waals surface area contributed by atoms with Gasteiger partial charge in [0, 0.05) is 38.4 Å². The van der Waals surface area contributed by atoms with E-state index in [2.05, 4.69) is 42.3 Å². The molecule has 1 aromatic carbocycles. The van der Waals surface area contributed by atoms with Crippen molar-refractivity contribution in [1.82, 2.24) is 10.2 Å². The number of benzene rings is 1. The Kier molecular flexibility index (Phi) is 4.30. The monoisotopic (exact) mass is 261 g/mol. The Hall–Kier alpha value is -1.71. The van der Waals surface area contributed by atoms with Crippen molar-refractivity contribution in [1.29, 1.82) is 0 Å². The van der Waals surface area contributed by atoms with Crippen molar-refractivity contribution in [2.75, 3.05) is 37.6 Å². The van der Waals surface area contributed by atoms with Crippen LogP contribution in [0.15, 0.2) is 18.2 Å². The molecule has 4 nitrogen and oxygen atoms in total. The Bertz CT molecular complexity index is 451. The van der Waals surface area contributed by atoms with Gasteiger partial charge in [-0.05, 0) is 38.0 Å². The van der Waals surface area contributed by atoms with Gasteiger partial charge in [0.25, 0.3) is 0 Å². The Morgan fingerprint density at radius 1 is 1.21 bits per heavy atom. The molecule has 1 N–H and O–H groups in total. The first-order valence-electron chi connectivity index (χ1n) is 6.97. The molecule has 104 valence electrons. The van der Waals surface area contributed by atoms with Crippen LogP contribution in [0, 0.1) is 13.8 Å². The number of anilines is 1. The number of carbonyl (C=O) groups excluding carboxylic acids is 1. The molecule has 1 fully saturated rings. The van der Waals surface area contributed by atoms with Crippen molar-refractivity contribution in [2.45, 2.75) is 20.8 Å². The zero-order valence-corrected chi connectivity index (χ0v) is 12.1.